The molecule has 0 aromatic rings. The highest BCUT2D eigenvalue weighted by Gasteiger charge is 2.40. The molecule has 104 valence electrons. The van der Waals surface area contributed by atoms with E-state index in [0.717, 1.165) is 19.4 Å². The summed E-state index contributed by atoms with van der Waals surface area (Å²) in [6, 6.07) is -0.394. The SMILES string of the molecule is CCC1(C(=O)NC(C)C(=O)NC(C)C)CCNC1. The maximum absolute atomic E-state index is 12.3. The van der Waals surface area contributed by atoms with E-state index >= 15 is 0 Å². The number of carbonyl (C=O) groups excluding carboxylic acids is 2. The van der Waals surface area contributed by atoms with Gasteiger partial charge in [0.25, 0.3) is 0 Å². The van der Waals surface area contributed by atoms with Gasteiger partial charge in [0, 0.05) is 12.6 Å². The molecule has 0 aromatic carbocycles. The highest BCUT2D eigenvalue weighted by molar-refractivity contribution is 5.90. The fourth-order valence-electron chi connectivity index (χ4n) is 2.22. The average Bonchev–Trinajstić information content (AvgIpc) is 2.77. The van der Waals surface area contributed by atoms with E-state index in [4.69, 9.17) is 0 Å². The summed E-state index contributed by atoms with van der Waals surface area (Å²) in [5.41, 5.74) is -0.341. The lowest BCUT2D eigenvalue weighted by molar-refractivity contribution is -0.134. The van der Waals surface area contributed by atoms with Gasteiger partial charge in [0.1, 0.15) is 6.04 Å². The van der Waals surface area contributed by atoms with Crippen molar-refractivity contribution in [2.24, 2.45) is 5.41 Å². The Morgan fingerprint density at radius 2 is 1.94 bits per heavy atom. The fourth-order valence-corrected chi connectivity index (χ4v) is 2.22. The van der Waals surface area contributed by atoms with Gasteiger partial charge in [-0.2, -0.15) is 0 Å². The molecule has 5 heteroatoms. The summed E-state index contributed by atoms with van der Waals surface area (Å²) in [5.74, 6) is -0.142. The molecule has 1 saturated heterocycles. The minimum absolute atomic E-state index is 0.0126. The van der Waals surface area contributed by atoms with Crippen molar-refractivity contribution < 1.29 is 9.59 Å². The van der Waals surface area contributed by atoms with Crippen molar-refractivity contribution in [1.29, 1.82) is 0 Å². The van der Waals surface area contributed by atoms with Crippen molar-refractivity contribution in [2.75, 3.05) is 13.1 Å². The van der Waals surface area contributed by atoms with E-state index in [1.807, 2.05) is 20.8 Å². The zero-order chi connectivity index (χ0) is 13.8. The van der Waals surface area contributed by atoms with Crippen LogP contribution in [0.1, 0.15) is 40.5 Å². The molecule has 0 saturated carbocycles. The summed E-state index contributed by atoms with van der Waals surface area (Å²) in [4.78, 5) is 24.0. The van der Waals surface area contributed by atoms with Gasteiger partial charge in [0.15, 0.2) is 0 Å². The quantitative estimate of drug-likeness (QED) is 0.666. The van der Waals surface area contributed by atoms with E-state index < -0.39 is 6.04 Å². The highest BCUT2D eigenvalue weighted by atomic mass is 16.2. The summed E-state index contributed by atoms with van der Waals surface area (Å²) in [7, 11) is 0. The first-order valence-electron chi connectivity index (χ1n) is 6.73. The Balaban J connectivity index is 2.55. The summed E-state index contributed by atoms with van der Waals surface area (Å²) >= 11 is 0. The maximum atomic E-state index is 12.3. The van der Waals surface area contributed by atoms with E-state index in [1.165, 1.54) is 0 Å². The van der Waals surface area contributed by atoms with Crippen LogP contribution in [-0.2, 0) is 9.59 Å². The Labute approximate surface area is 109 Å². The van der Waals surface area contributed by atoms with Crippen LogP contribution in [0.3, 0.4) is 0 Å². The first kappa shape index (κ1) is 15.0. The minimum Gasteiger partial charge on any atom is -0.352 e. The molecule has 2 atom stereocenters. The van der Waals surface area contributed by atoms with Crippen LogP contribution in [0, 0.1) is 5.41 Å². The largest absolute Gasteiger partial charge is 0.352 e. The molecule has 1 rings (SSSR count). The van der Waals surface area contributed by atoms with Crippen molar-refractivity contribution >= 4 is 11.8 Å². The van der Waals surface area contributed by atoms with Crippen LogP contribution in [0.5, 0.6) is 0 Å². The first-order chi connectivity index (χ1) is 8.41. The molecular formula is C13H25N3O2. The molecule has 0 spiro atoms. The molecule has 18 heavy (non-hydrogen) atoms. The fraction of sp³-hybridized carbons (Fsp3) is 0.846. The van der Waals surface area contributed by atoms with Gasteiger partial charge in [0.2, 0.25) is 11.8 Å². The lowest BCUT2D eigenvalue weighted by Gasteiger charge is -2.27. The third-order valence-corrected chi connectivity index (χ3v) is 3.57. The van der Waals surface area contributed by atoms with E-state index in [1.54, 1.807) is 6.92 Å². The van der Waals surface area contributed by atoms with Gasteiger partial charge in [-0.3, -0.25) is 9.59 Å². The van der Waals surface area contributed by atoms with E-state index in [0.29, 0.717) is 6.54 Å². The number of rotatable bonds is 5. The van der Waals surface area contributed by atoms with E-state index in [-0.39, 0.29) is 23.3 Å². The van der Waals surface area contributed by atoms with Crippen molar-refractivity contribution in [2.45, 2.75) is 52.6 Å². The molecule has 1 aliphatic rings. The van der Waals surface area contributed by atoms with Gasteiger partial charge >= 0.3 is 0 Å². The summed E-state index contributed by atoms with van der Waals surface area (Å²) in [5, 5.41) is 8.85. The van der Waals surface area contributed by atoms with Gasteiger partial charge in [-0.15, -0.1) is 0 Å². The summed E-state index contributed by atoms with van der Waals surface area (Å²) < 4.78 is 0. The van der Waals surface area contributed by atoms with Crippen LogP contribution >= 0.6 is 0 Å². The number of carbonyl (C=O) groups is 2. The third kappa shape index (κ3) is 3.45. The Hall–Kier alpha value is -1.10. The van der Waals surface area contributed by atoms with Crippen LogP contribution in [0.4, 0.5) is 0 Å². The van der Waals surface area contributed by atoms with Crippen molar-refractivity contribution in [3.05, 3.63) is 0 Å². The van der Waals surface area contributed by atoms with Gasteiger partial charge in [-0.25, -0.2) is 0 Å². The second-order valence-electron chi connectivity index (χ2n) is 5.42. The molecule has 1 aliphatic heterocycles. The van der Waals surface area contributed by atoms with Gasteiger partial charge in [0.05, 0.1) is 5.41 Å². The average molecular weight is 255 g/mol. The first-order valence-corrected chi connectivity index (χ1v) is 6.73. The number of hydrogen-bond donors (Lipinski definition) is 3. The van der Waals surface area contributed by atoms with Crippen LogP contribution in [0.15, 0.2) is 0 Å². The van der Waals surface area contributed by atoms with Gasteiger partial charge in [-0.05, 0) is 40.2 Å². The predicted octanol–water partition coefficient (Wildman–Crippen LogP) is 0.405. The molecule has 0 radical (unpaired) electrons. The molecule has 3 N–H and O–H groups in total. The molecule has 1 fully saturated rings. The Bertz CT molecular complexity index is 309. The van der Waals surface area contributed by atoms with Crippen molar-refractivity contribution in [3.63, 3.8) is 0 Å². The van der Waals surface area contributed by atoms with Crippen molar-refractivity contribution in [1.82, 2.24) is 16.0 Å². The zero-order valence-corrected chi connectivity index (χ0v) is 11.8. The van der Waals surface area contributed by atoms with Gasteiger partial charge < -0.3 is 16.0 Å². The minimum atomic E-state index is -0.482. The van der Waals surface area contributed by atoms with E-state index in [9.17, 15) is 9.59 Å². The number of amides is 2. The number of nitrogens with one attached hydrogen (secondary N) is 3. The molecule has 2 unspecified atom stereocenters. The van der Waals surface area contributed by atoms with Crippen LogP contribution in [0.25, 0.3) is 0 Å². The monoisotopic (exact) mass is 255 g/mol. The lowest BCUT2D eigenvalue weighted by atomic mass is 9.83. The standard InChI is InChI=1S/C13H25N3O2/c1-5-13(6-7-14-8-13)12(18)16-10(4)11(17)15-9(2)3/h9-10,14H,5-8H2,1-4H3,(H,15,17)(H,16,18). The van der Waals surface area contributed by atoms with Gasteiger partial charge in [-0.1, -0.05) is 6.92 Å². The normalized spacial score (nSPS) is 24.9. The van der Waals surface area contributed by atoms with Crippen LogP contribution in [-0.4, -0.2) is 37.0 Å². The Kier molecular flexibility index (Phi) is 5.14. The molecule has 0 bridgehead atoms. The second-order valence-corrected chi connectivity index (χ2v) is 5.42. The highest BCUT2D eigenvalue weighted by Crippen LogP contribution is 2.29. The second kappa shape index (κ2) is 6.18. The summed E-state index contributed by atoms with van der Waals surface area (Å²) in [6.45, 7) is 9.12. The summed E-state index contributed by atoms with van der Waals surface area (Å²) in [6.07, 6.45) is 1.64. The van der Waals surface area contributed by atoms with Crippen LogP contribution in [0.2, 0.25) is 0 Å². The topological polar surface area (TPSA) is 70.2 Å². The molecule has 0 aromatic heterocycles. The lowest BCUT2D eigenvalue weighted by Crippen LogP contribution is -2.51. The molecule has 2 amide bonds. The van der Waals surface area contributed by atoms with Crippen LogP contribution < -0.4 is 16.0 Å². The zero-order valence-electron chi connectivity index (χ0n) is 11.8. The predicted molar refractivity (Wildman–Crippen MR) is 71.1 cm³/mol. The maximum Gasteiger partial charge on any atom is 0.242 e. The molecule has 0 aliphatic carbocycles. The number of hydrogen-bond acceptors (Lipinski definition) is 3. The third-order valence-electron chi connectivity index (χ3n) is 3.57. The molecular weight excluding hydrogens is 230 g/mol. The van der Waals surface area contributed by atoms with Crippen molar-refractivity contribution in [3.8, 4) is 0 Å². The smallest absolute Gasteiger partial charge is 0.242 e. The molecule has 5 nitrogen and oxygen atoms in total. The Morgan fingerprint density at radius 3 is 2.39 bits per heavy atom. The Morgan fingerprint density at radius 1 is 1.28 bits per heavy atom. The van der Waals surface area contributed by atoms with E-state index in [2.05, 4.69) is 16.0 Å². The molecule has 1 heterocycles.